The fourth-order valence-electron chi connectivity index (χ4n) is 4.12. The summed E-state index contributed by atoms with van der Waals surface area (Å²) in [6.45, 7) is 3.99. The highest BCUT2D eigenvalue weighted by molar-refractivity contribution is 5.23. The molecule has 21 heavy (non-hydrogen) atoms. The van der Waals surface area contributed by atoms with Crippen LogP contribution in [0.15, 0.2) is 24.3 Å². The molecule has 2 aliphatic heterocycles. The first kappa shape index (κ1) is 14.9. The van der Waals surface area contributed by atoms with E-state index >= 15 is 0 Å². The van der Waals surface area contributed by atoms with Gasteiger partial charge in [-0.25, -0.2) is 4.39 Å². The number of hydrogen-bond acceptors (Lipinski definition) is 3. The maximum absolute atomic E-state index is 14.2. The molecule has 2 fully saturated rings. The van der Waals surface area contributed by atoms with Gasteiger partial charge in [0, 0.05) is 36.8 Å². The van der Waals surface area contributed by atoms with Crippen LogP contribution in [0.2, 0.25) is 0 Å². The SMILES string of the molecule is CC(N)C(c1ccccc1F)N1CCC2CCC(C1)N2C. The van der Waals surface area contributed by atoms with E-state index in [-0.39, 0.29) is 17.9 Å². The molecular weight excluding hydrogens is 265 g/mol. The van der Waals surface area contributed by atoms with Gasteiger partial charge < -0.3 is 5.73 Å². The summed E-state index contributed by atoms with van der Waals surface area (Å²) in [7, 11) is 2.23. The summed E-state index contributed by atoms with van der Waals surface area (Å²) in [6.07, 6.45) is 3.71. The summed E-state index contributed by atoms with van der Waals surface area (Å²) in [5, 5.41) is 0. The fourth-order valence-corrected chi connectivity index (χ4v) is 4.12. The summed E-state index contributed by atoms with van der Waals surface area (Å²) in [5.41, 5.74) is 6.97. The van der Waals surface area contributed by atoms with Crippen molar-refractivity contribution in [2.45, 2.75) is 50.4 Å². The smallest absolute Gasteiger partial charge is 0.128 e. The molecule has 0 aliphatic carbocycles. The first-order valence-electron chi connectivity index (χ1n) is 8.04. The van der Waals surface area contributed by atoms with E-state index in [0.29, 0.717) is 12.1 Å². The minimum atomic E-state index is -0.137. The minimum absolute atomic E-state index is 0.0288. The van der Waals surface area contributed by atoms with Crippen molar-refractivity contribution >= 4 is 0 Å². The largest absolute Gasteiger partial charge is 0.326 e. The van der Waals surface area contributed by atoms with Crippen LogP contribution in [0.25, 0.3) is 0 Å². The van der Waals surface area contributed by atoms with Crippen molar-refractivity contribution in [1.29, 1.82) is 0 Å². The average Bonchev–Trinajstić information content (AvgIpc) is 2.68. The normalized spacial score (nSPS) is 30.1. The van der Waals surface area contributed by atoms with E-state index in [0.717, 1.165) is 25.1 Å². The van der Waals surface area contributed by atoms with Crippen LogP contribution in [-0.2, 0) is 0 Å². The number of benzene rings is 1. The van der Waals surface area contributed by atoms with Crippen LogP contribution in [-0.4, -0.2) is 48.1 Å². The highest BCUT2D eigenvalue weighted by Crippen LogP contribution is 2.34. The molecule has 0 spiro atoms. The summed E-state index contributed by atoms with van der Waals surface area (Å²) in [4.78, 5) is 4.92. The molecule has 2 N–H and O–H groups in total. The molecule has 4 atom stereocenters. The third-order valence-corrected chi connectivity index (χ3v) is 5.30. The molecule has 116 valence electrons. The second kappa shape index (κ2) is 6.03. The Balaban J connectivity index is 1.86. The summed E-state index contributed by atoms with van der Waals surface area (Å²) in [6, 6.07) is 8.25. The summed E-state index contributed by atoms with van der Waals surface area (Å²) in [5.74, 6) is -0.137. The predicted molar refractivity (Wildman–Crippen MR) is 83.6 cm³/mol. The average molecular weight is 291 g/mol. The van der Waals surface area contributed by atoms with Crippen molar-refractivity contribution in [1.82, 2.24) is 9.80 Å². The standard InChI is InChI=1S/C17H26FN3/c1-12(19)17(15-5-3-4-6-16(15)18)21-10-9-13-7-8-14(11-21)20(13)2/h3-6,12-14,17H,7-11,19H2,1-2H3. The van der Waals surface area contributed by atoms with Gasteiger partial charge in [-0.15, -0.1) is 0 Å². The molecule has 2 heterocycles. The Morgan fingerprint density at radius 1 is 1.19 bits per heavy atom. The second-order valence-corrected chi connectivity index (χ2v) is 6.66. The molecule has 0 saturated carbocycles. The van der Waals surface area contributed by atoms with E-state index in [1.54, 1.807) is 12.1 Å². The van der Waals surface area contributed by atoms with E-state index in [2.05, 4.69) is 16.8 Å². The van der Waals surface area contributed by atoms with Crippen LogP contribution >= 0.6 is 0 Å². The minimum Gasteiger partial charge on any atom is -0.326 e. The Kier molecular flexibility index (Phi) is 4.29. The molecule has 0 aromatic heterocycles. The number of hydrogen-bond donors (Lipinski definition) is 1. The molecule has 1 aromatic rings. The fraction of sp³-hybridized carbons (Fsp3) is 0.647. The monoisotopic (exact) mass is 291 g/mol. The zero-order valence-corrected chi connectivity index (χ0v) is 13.0. The van der Waals surface area contributed by atoms with E-state index in [9.17, 15) is 4.39 Å². The maximum Gasteiger partial charge on any atom is 0.128 e. The number of nitrogens with zero attached hydrogens (tertiary/aromatic N) is 2. The second-order valence-electron chi connectivity index (χ2n) is 6.66. The van der Waals surface area contributed by atoms with Gasteiger partial charge in [0.25, 0.3) is 0 Å². The van der Waals surface area contributed by atoms with Gasteiger partial charge in [-0.2, -0.15) is 0 Å². The van der Waals surface area contributed by atoms with Crippen molar-refractivity contribution in [3.8, 4) is 0 Å². The number of fused-ring (bicyclic) bond motifs is 2. The number of rotatable bonds is 3. The van der Waals surface area contributed by atoms with Crippen molar-refractivity contribution in [2.24, 2.45) is 5.73 Å². The quantitative estimate of drug-likeness (QED) is 0.928. The topological polar surface area (TPSA) is 32.5 Å². The zero-order valence-electron chi connectivity index (χ0n) is 13.0. The van der Waals surface area contributed by atoms with Gasteiger partial charge in [-0.3, -0.25) is 9.80 Å². The molecule has 2 aliphatic rings. The first-order chi connectivity index (χ1) is 10.1. The lowest BCUT2D eigenvalue weighted by molar-refractivity contribution is 0.153. The molecule has 2 bridgehead atoms. The van der Waals surface area contributed by atoms with E-state index in [1.807, 2.05) is 19.1 Å². The summed E-state index contributed by atoms with van der Waals surface area (Å²) >= 11 is 0. The third kappa shape index (κ3) is 2.85. The Bertz CT molecular complexity index is 491. The molecule has 4 unspecified atom stereocenters. The molecule has 0 radical (unpaired) electrons. The van der Waals surface area contributed by atoms with Crippen LogP contribution in [0.5, 0.6) is 0 Å². The molecule has 1 aromatic carbocycles. The first-order valence-corrected chi connectivity index (χ1v) is 8.04. The molecular formula is C17H26FN3. The van der Waals surface area contributed by atoms with Gasteiger partial charge in [0.15, 0.2) is 0 Å². The number of nitrogens with two attached hydrogens (primary N) is 1. The van der Waals surface area contributed by atoms with Gasteiger partial charge in [-0.1, -0.05) is 18.2 Å². The van der Waals surface area contributed by atoms with Crippen molar-refractivity contribution in [3.05, 3.63) is 35.6 Å². The molecule has 2 saturated heterocycles. The van der Waals surface area contributed by atoms with Gasteiger partial charge in [0.05, 0.1) is 6.04 Å². The lowest BCUT2D eigenvalue weighted by Crippen LogP contribution is -2.44. The third-order valence-electron chi connectivity index (χ3n) is 5.30. The van der Waals surface area contributed by atoms with Gasteiger partial charge in [-0.05, 0) is 39.3 Å². The lowest BCUT2D eigenvalue weighted by Gasteiger charge is -2.36. The summed E-state index contributed by atoms with van der Waals surface area (Å²) < 4.78 is 14.2. The van der Waals surface area contributed by atoms with Gasteiger partial charge in [0.1, 0.15) is 5.82 Å². The van der Waals surface area contributed by atoms with Crippen LogP contribution in [0.4, 0.5) is 4.39 Å². The van der Waals surface area contributed by atoms with Crippen LogP contribution in [0.1, 0.15) is 37.8 Å². The highest BCUT2D eigenvalue weighted by Gasteiger charge is 2.38. The molecule has 3 rings (SSSR count). The number of likely N-dealkylation sites (N-methyl/N-ethyl adjacent to an activating group) is 1. The Labute approximate surface area is 126 Å². The Hall–Kier alpha value is -0.970. The van der Waals surface area contributed by atoms with E-state index < -0.39 is 0 Å². The Morgan fingerprint density at radius 2 is 1.90 bits per heavy atom. The van der Waals surface area contributed by atoms with Crippen LogP contribution in [0.3, 0.4) is 0 Å². The zero-order chi connectivity index (χ0) is 15.0. The van der Waals surface area contributed by atoms with E-state index in [4.69, 9.17) is 5.73 Å². The van der Waals surface area contributed by atoms with Gasteiger partial charge >= 0.3 is 0 Å². The number of halogens is 1. The van der Waals surface area contributed by atoms with Crippen molar-refractivity contribution in [2.75, 3.05) is 20.1 Å². The van der Waals surface area contributed by atoms with Gasteiger partial charge in [0.2, 0.25) is 0 Å². The highest BCUT2D eigenvalue weighted by atomic mass is 19.1. The molecule has 4 heteroatoms. The van der Waals surface area contributed by atoms with Crippen LogP contribution in [0, 0.1) is 5.82 Å². The molecule has 3 nitrogen and oxygen atoms in total. The van der Waals surface area contributed by atoms with E-state index in [1.165, 1.54) is 12.8 Å². The number of likely N-dealkylation sites (tertiary alicyclic amines) is 1. The predicted octanol–water partition coefficient (Wildman–Crippen LogP) is 2.38. The lowest BCUT2D eigenvalue weighted by atomic mass is 9.96. The maximum atomic E-state index is 14.2. The van der Waals surface area contributed by atoms with Crippen molar-refractivity contribution < 1.29 is 4.39 Å². The van der Waals surface area contributed by atoms with Crippen LogP contribution < -0.4 is 5.73 Å². The van der Waals surface area contributed by atoms with Crippen molar-refractivity contribution in [3.63, 3.8) is 0 Å². The molecule has 0 amide bonds. The Morgan fingerprint density at radius 3 is 2.62 bits per heavy atom.